The first kappa shape index (κ1) is 20.5. The van der Waals surface area contributed by atoms with Crippen LogP contribution in [0, 0.1) is 5.92 Å². The van der Waals surface area contributed by atoms with Gasteiger partial charge in [-0.1, -0.05) is 24.1 Å². The number of rotatable bonds is 9. The van der Waals surface area contributed by atoms with Crippen molar-refractivity contribution in [3.63, 3.8) is 0 Å². The summed E-state index contributed by atoms with van der Waals surface area (Å²) in [6.45, 7) is 3.72. The molecule has 1 amide bonds. The van der Waals surface area contributed by atoms with Gasteiger partial charge < -0.3 is 14.6 Å². The molecule has 1 saturated carbocycles. The Balaban J connectivity index is 1.17. The fraction of sp³-hybridized carbons (Fsp3) is 0.667. The molecule has 1 aliphatic carbocycles. The summed E-state index contributed by atoms with van der Waals surface area (Å²) in [5.41, 5.74) is 0. The monoisotopic (exact) mass is 418 g/mol. The maximum atomic E-state index is 12.5. The van der Waals surface area contributed by atoms with Gasteiger partial charge >= 0.3 is 0 Å². The van der Waals surface area contributed by atoms with E-state index in [0.717, 1.165) is 43.8 Å². The van der Waals surface area contributed by atoms with Gasteiger partial charge in [0.1, 0.15) is 0 Å². The zero-order chi connectivity index (χ0) is 19.9. The molecule has 1 unspecified atom stereocenters. The van der Waals surface area contributed by atoms with Crippen LogP contribution in [0.25, 0.3) is 10.7 Å². The average Bonchev–Trinajstić information content (AvgIpc) is 3.50. The number of ether oxygens (including phenoxy) is 1. The molecule has 0 bridgehead atoms. The number of thiophene rings is 1. The van der Waals surface area contributed by atoms with Crippen LogP contribution in [0.5, 0.6) is 0 Å². The molecule has 7 nitrogen and oxygen atoms in total. The maximum absolute atomic E-state index is 12.5. The second-order valence-electron chi connectivity index (χ2n) is 7.99. The molecule has 0 spiro atoms. The normalized spacial score (nSPS) is 20.9. The van der Waals surface area contributed by atoms with Gasteiger partial charge in [-0.2, -0.15) is 4.98 Å². The average molecular weight is 419 g/mol. The minimum atomic E-state index is 0.0270. The highest BCUT2D eigenvalue weighted by molar-refractivity contribution is 7.13. The topological polar surface area (TPSA) is 80.5 Å². The molecule has 1 atom stereocenters. The summed E-state index contributed by atoms with van der Waals surface area (Å²) in [5.74, 6) is 1.43. The van der Waals surface area contributed by atoms with E-state index in [2.05, 4.69) is 20.4 Å². The van der Waals surface area contributed by atoms with Crippen molar-refractivity contribution in [3.8, 4) is 10.7 Å². The lowest BCUT2D eigenvalue weighted by Gasteiger charge is -2.30. The van der Waals surface area contributed by atoms with Crippen molar-refractivity contribution in [1.29, 1.82) is 0 Å². The minimum absolute atomic E-state index is 0.0270. The zero-order valence-electron chi connectivity index (χ0n) is 16.8. The Kier molecular flexibility index (Phi) is 7.29. The molecule has 8 heteroatoms. The van der Waals surface area contributed by atoms with Crippen molar-refractivity contribution in [2.45, 2.75) is 57.6 Å². The van der Waals surface area contributed by atoms with Gasteiger partial charge in [-0.15, -0.1) is 11.3 Å². The number of aromatic nitrogens is 2. The highest BCUT2D eigenvalue weighted by Gasteiger charge is 2.26. The third-order valence-electron chi connectivity index (χ3n) is 5.72. The van der Waals surface area contributed by atoms with E-state index in [4.69, 9.17) is 9.26 Å². The Morgan fingerprint density at radius 1 is 1.31 bits per heavy atom. The number of carbonyl (C=O) groups excluding carboxylic acids is 1. The summed E-state index contributed by atoms with van der Waals surface area (Å²) < 4.78 is 11.3. The number of likely N-dealkylation sites (tertiary alicyclic amines) is 1. The molecular formula is C21H30N4O3S. The van der Waals surface area contributed by atoms with Gasteiger partial charge in [0.25, 0.3) is 0 Å². The predicted molar refractivity (Wildman–Crippen MR) is 111 cm³/mol. The fourth-order valence-corrected chi connectivity index (χ4v) is 4.81. The van der Waals surface area contributed by atoms with Crippen molar-refractivity contribution >= 4 is 17.2 Å². The fourth-order valence-electron chi connectivity index (χ4n) is 4.16. The van der Waals surface area contributed by atoms with E-state index in [0.29, 0.717) is 30.9 Å². The number of nitrogens with one attached hydrogen (secondary N) is 1. The second kappa shape index (κ2) is 10.3. The van der Waals surface area contributed by atoms with Crippen LogP contribution in [0.2, 0.25) is 0 Å². The van der Waals surface area contributed by atoms with Crippen molar-refractivity contribution in [3.05, 3.63) is 23.4 Å². The first-order valence-electron chi connectivity index (χ1n) is 10.8. The Morgan fingerprint density at radius 3 is 3.03 bits per heavy atom. The highest BCUT2D eigenvalue weighted by atomic mass is 32.1. The molecule has 1 N–H and O–H groups in total. The Hall–Kier alpha value is -1.77. The molecule has 2 aromatic heterocycles. The number of hydrogen-bond acceptors (Lipinski definition) is 7. The Morgan fingerprint density at radius 2 is 2.21 bits per heavy atom. The van der Waals surface area contributed by atoms with Crippen molar-refractivity contribution in [2.75, 3.05) is 26.2 Å². The molecule has 4 rings (SSSR count). The molecule has 1 aliphatic heterocycles. The number of carbonyl (C=O) groups is 1. The van der Waals surface area contributed by atoms with Gasteiger partial charge in [-0.05, 0) is 50.1 Å². The largest absolute Gasteiger partial charge is 0.378 e. The van der Waals surface area contributed by atoms with E-state index in [1.807, 2.05) is 17.5 Å². The molecular weight excluding hydrogens is 388 g/mol. The minimum Gasteiger partial charge on any atom is -0.378 e. The first-order chi connectivity index (χ1) is 14.3. The van der Waals surface area contributed by atoms with E-state index < -0.39 is 0 Å². The summed E-state index contributed by atoms with van der Waals surface area (Å²) >= 11 is 1.60. The number of nitrogens with zero attached hydrogens (tertiary/aromatic N) is 3. The molecule has 2 aliphatic rings. The van der Waals surface area contributed by atoms with Crippen molar-refractivity contribution in [1.82, 2.24) is 20.4 Å². The SMILES string of the molecule is O=C(NCCCOC1CCCC1)C1CCCN(Cc2nc(-c3cccs3)no2)C1. The van der Waals surface area contributed by atoms with Gasteiger partial charge in [0.05, 0.1) is 23.4 Å². The van der Waals surface area contributed by atoms with Crippen LogP contribution in [0.15, 0.2) is 22.0 Å². The van der Waals surface area contributed by atoms with Gasteiger partial charge in [-0.3, -0.25) is 9.69 Å². The smallest absolute Gasteiger partial charge is 0.241 e. The van der Waals surface area contributed by atoms with E-state index in [9.17, 15) is 4.79 Å². The molecule has 3 heterocycles. The van der Waals surface area contributed by atoms with Crippen molar-refractivity contribution in [2.24, 2.45) is 5.92 Å². The van der Waals surface area contributed by atoms with Gasteiger partial charge in [0.15, 0.2) is 0 Å². The van der Waals surface area contributed by atoms with Crippen LogP contribution in [-0.2, 0) is 16.1 Å². The highest BCUT2D eigenvalue weighted by Crippen LogP contribution is 2.23. The van der Waals surface area contributed by atoms with E-state index in [1.54, 1.807) is 11.3 Å². The number of amides is 1. The summed E-state index contributed by atoms with van der Waals surface area (Å²) in [4.78, 5) is 20.3. The van der Waals surface area contributed by atoms with Crippen LogP contribution >= 0.6 is 11.3 Å². The van der Waals surface area contributed by atoms with Crippen LogP contribution in [0.1, 0.15) is 50.8 Å². The number of piperidine rings is 1. The van der Waals surface area contributed by atoms with E-state index in [1.165, 1.54) is 25.7 Å². The summed E-state index contributed by atoms with van der Waals surface area (Å²) in [6, 6.07) is 3.96. The maximum Gasteiger partial charge on any atom is 0.241 e. The lowest BCUT2D eigenvalue weighted by molar-refractivity contribution is -0.126. The lowest BCUT2D eigenvalue weighted by Crippen LogP contribution is -2.43. The molecule has 2 aromatic rings. The Labute approximate surface area is 175 Å². The van der Waals surface area contributed by atoms with E-state index in [-0.39, 0.29) is 11.8 Å². The zero-order valence-corrected chi connectivity index (χ0v) is 17.7. The van der Waals surface area contributed by atoms with Crippen LogP contribution < -0.4 is 5.32 Å². The van der Waals surface area contributed by atoms with Gasteiger partial charge in [0, 0.05) is 19.7 Å². The van der Waals surface area contributed by atoms with Crippen LogP contribution in [0.4, 0.5) is 0 Å². The summed E-state index contributed by atoms with van der Waals surface area (Å²) in [6.07, 6.45) is 8.24. The quantitative estimate of drug-likeness (QED) is 0.628. The van der Waals surface area contributed by atoms with Gasteiger partial charge in [0.2, 0.25) is 17.6 Å². The third-order valence-corrected chi connectivity index (χ3v) is 6.59. The molecule has 158 valence electrons. The number of hydrogen-bond donors (Lipinski definition) is 1. The molecule has 0 radical (unpaired) electrons. The van der Waals surface area contributed by atoms with E-state index >= 15 is 0 Å². The molecule has 0 aromatic carbocycles. The third kappa shape index (κ3) is 5.87. The molecule has 2 fully saturated rings. The summed E-state index contributed by atoms with van der Waals surface area (Å²) in [5, 5.41) is 9.16. The van der Waals surface area contributed by atoms with Crippen LogP contribution in [-0.4, -0.2) is 53.3 Å². The standard InChI is InChI=1S/C21H30N4O3S/c26-21(22-10-5-12-27-17-7-1-2-8-17)16-6-3-11-25(14-16)15-19-23-20(24-28-19)18-9-4-13-29-18/h4,9,13,16-17H,1-3,5-8,10-12,14-15H2,(H,22,26). The van der Waals surface area contributed by atoms with Gasteiger partial charge in [-0.25, -0.2) is 0 Å². The van der Waals surface area contributed by atoms with Crippen molar-refractivity contribution < 1.29 is 14.1 Å². The molecule has 1 saturated heterocycles. The second-order valence-corrected chi connectivity index (χ2v) is 8.93. The van der Waals surface area contributed by atoms with Crippen LogP contribution in [0.3, 0.4) is 0 Å². The predicted octanol–water partition coefficient (Wildman–Crippen LogP) is 3.48. The lowest BCUT2D eigenvalue weighted by atomic mass is 9.97. The Bertz CT molecular complexity index is 758. The first-order valence-corrected chi connectivity index (χ1v) is 11.6. The molecule has 29 heavy (non-hydrogen) atoms. The summed E-state index contributed by atoms with van der Waals surface area (Å²) in [7, 11) is 0.